The third-order valence-electron chi connectivity index (χ3n) is 4.58. The predicted molar refractivity (Wildman–Crippen MR) is 103 cm³/mol. The van der Waals surface area contributed by atoms with E-state index in [0.717, 1.165) is 22.7 Å². The molecule has 8 heteroatoms. The summed E-state index contributed by atoms with van der Waals surface area (Å²) in [6.07, 6.45) is 1.65. The fourth-order valence-electron chi connectivity index (χ4n) is 2.84. The molecule has 0 spiro atoms. The van der Waals surface area contributed by atoms with Crippen LogP contribution in [0, 0.1) is 5.82 Å². The Hall–Kier alpha value is -1.67. The van der Waals surface area contributed by atoms with E-state index in [0.29, 0.717) is 5.75 Å². The first-order chi connectivity index (χ1) is 12.8. The van der Waals surface area contributed by atoms with Gasteiger partial charge in [0.2, 0.25) is 0 Å². The third kappa shape index (κ3) is 4.60. The van der Waals surface area contributed by atoms with Gasteiger partial charge >= 0.3 is 0 Å². The molecule has 1 saturated carbocycles. The summed E-state index contributed by atoms with van der Waals surface area (Å²) < 4.78 is 48.1. The minimum absolute atomic E-state index is 0.0318. The normalized spacial score (nSPS) is 14.7. The molecule has 0 amide bonds. The Kier molecular flexibility index (Phi) is 6.05. The lowest BCUT2D eigenvalue weighted by Gasteiger charge is -2.28. The minimum atomic E-state index is -3.77. The van der Waals surface area contributed by atoms with Crippen molar-refractivity contribution >= 4 is 21.8 Å². The fraction of sp³-hybridized carbons (Fsp3) is 0.368. The molecule has 1 fully saturated rings. The van der Waals surface area contributed by atoms with Gasteiger partial charge in [0.05, 0.1) is 7.11 Å². The third-order valence-corrected chi connectivity index (χ3v) is 6.88. The molecule has 0 bridgehead atoms. The van der Waals surface area contributed by atoms with Gasteiger partial charge in [0.1, 0.15) is 11.6 Å². The highest BCUT2D eigenvalue weighted by Gasteiger charge is 2.39. The van der Waals surface area contributed by atoms with E-state index in [-0.39, 0.29) is 29.7 Å². The van der Waals surface area contributed by atoms with Crippen LogP contribution in [0.25, 0.3) is 0 Å². The van der Waals surface area contributed by atoms with E-state index in [2.05, 4.69) is 0 Å². The van der Waals surface area contributed by atoms with Crippen LogP contribution < -0.4 is 4.74 Å². The van der Waals surface area contributed by atoms with Crippen molar-refractivity contribution in [3.05, 3.63) is 64.4 Å². The van der Waals surface area contributed by atoms with E-state index < -0.39 is 16.0 Å². The summed E-state index contributed by atoms with van der Waals surface area (Å²) >= 11 is 6.05. The van der Waals surface area contributed by atoms with Gasteiger partial charge in [-0.1, -0.05) is 29.8 Å². The lowest BCUT2D eigenvalue weighted by Crippen LogP contribution is -2.42. The quantitative estimate of drug-likeness (QED) is 0.662. The summed E-state index contributed by atoms with van der Waals surface area (Å²) in [5, 5.41) is 0.213. The Labute approximate surface area is 164 Å². The first-order valence-electron chi connectivity index (χ1n) is 8.62. The zero-order valence-electron chi connectivity index (χ0n) is 15.2. The van der Waals surface area contributed by atoms with Crippen LogP contribution in [-0.2, 0) is 23.3 Å². The van der Waals surface area contributed by atoms with Gasteiger partial charge in [0, 0.05) is 36.8 Å². The minimum Gasteiger partial charge on any atom is -0.497 e. The zero-order chi connectivity index (χ0) is 19.6. The topological polar surface area (TPSA) is 49.9 Å². The summed E-state index contributed by atoms with van der Waals surface area (Å²) in [7, 11) is -0.745. The molecule has 27 heavy (non-hydrogen) atoms. The van der Waals surface area contributed by atoms with Crippen LogP contribution in [0.5, 0.6) is 5.75 Å². The van der Waals surface area contributed by atoms with E-state index in [1.807, 2.05) is 12.1 Å². The van der Waals surface area contributed by atoms with Crippen molar-refractivity contribution in [3.8, 4) is 5.75 Å². The van der Waals surface area contributed by atoms with E-state index in [9.17, 15) is 12.8 Å². The number of rotatable bonds is 8. The second-order valence-corrected chi connectivity index (χ2v) is 8.98. The largest absolute Gasteiger partial charge is 0.497 e. The number of halogens is 2. The Morgan fingerprint density at radius 3 is 2.37 bits per heavy atom. The first kappa shape index (κ1) is 20.1. The van der Waals surface area contributed by atoms with Gasteiger partial charge in [-0.15, -0.1) is 0 Å². The van der Waals surface area contributed by atoms with Crippen molar-refractivity contribution in [2.45, 2.75) is 32.0 Å². The molecule has 0 heterocycles. The molecule has 1 aliphatic carbocycles. The van der Waals surface area contributed by atoms with Crippen molar-refractivity contribution < 1.29 is 17.5 Å². The second-order valence-electron chi connectivity index (χ2n) is 6.59. The molecule has 0 unspecified atom stereocenters. The lowest BCUT2D eigenvalue weighted by molar-refractivity contribution is 0.343. The Bertz CT molecular complexity index is 881. The SMILES string of the molecule is COc1ccc(CN(C2CC2)S(=O)(=O)N(C)Cc2c(F)cccc2Cl)cc1. The number of benzene rings is 2. The summed E-state index contributed by atoms with van der Waals surface area (Å²) in [6.45, 7) is 0.131. The molecule has 1 aliphatic rings. The summed E-state index contributed by atoms with van der Waals surface area (Å²) in [5.41, 5.74) is 1.04. The molecule has 5 nitrogen and oxygen atoms in total. The number of methoxy groups -OCH3 is 1. The van der Waals surface area contributed by atoms with Gasteiger partial charge < -0.3 is 4.74 Å². The van der Waals surface area contributed by atoms with Crippen LogP contribution in [0.3, 0.4) is 0 Å². The number of ether oxygens (including phenoxy) is 1. The van der Waals surface area contributed by atoms with Gasteiger partial charge in [-0.05, 0) is 42.7 Å². The van der Waals surface area contributed by atoms with Crippen molar-refractivity contribution in [2.75, 3.05) is 14.2 Å². The van der Waals surface area contributed by atoms with Crippen molar-refractivity contribution in [1.82, 2.24) is 8.61 Å². The number of hydrogen-bond donors (Lipinski definition) is 0. The van der Waals surface area contributed by atoms with Gasteiger partial charge in [-0.25, -0.2) is 4.39 Å². The molecule has 0 aromatic heterocycles. The van der Waals surface area contributed by atoms with Crippen molar-refractivity contribution in [1.29, 1.82) is 0 Å². The highest BCUT2D eigenvalue weighted by Crippen LogP contribution is 2.33. The summed E-state index contributed by atoms with van der Waals surface area (Å²) in [5.74, 6) is 0.198. The number of nitrogens with zero attached hydrogens (tertiary/aromatic N) is 2. The molecular weight excluding hydrogens is 391 g/mol. The van der Waals surface area contributed by atoms with Gasteiger partial charge in [0.15, 0.2) is 0 Å². The van der Waals surface area contributed by atoms with Crippen LogP contribution in [0.2, 0.25) is 5.02 Å². The molecule has 0 aliphatic heterocycles. The van der Waals surface area contributed by atoms with Gasteiger partial charge in [-0.3, -0.25) is 0 Å². The smallest absolute Gasteiger partial charge is 0.282 e. The first-order valence-corrected chi connectivity index (χ1v) is 10.4. The molecule has 0 saturated heterocycles. The molecule has 2 aromatic rings. The maximum absolute atomic E-state index is 14.1. The van der Waals surface area contributed by atoms with Crippen molar-refractivity contribution in [3.63, 3.8) is 0 Å². The van der Waals surface area contributed by atoms with Crippen LogP contribution >= 0.6 is 11.6 Å². The maximum atomic E-state index is 14.1. The van der Waals surface area contributed by atoms with Crippen molar-refractivity contribution in [2.24, 2.45) is 0 Å². The van der Waals surface area contributed by atoms with Gasteiger partial charge in [-0.2, -0.15) is 17.0 Å². The van der Waals surface area contributed by atoms with Crippen LogP contribution in [-0.4, -0.2) is 37.2 Å². The van der Waals surface area contributed by atoms with E-state index in [1.165, 1.54) is 23.5 Å². The summed E-state index contributed by atoms with van der Waals surface area (Å²) in [4.78, 5) is 0. The van der Waals surface area contributed by atoms with E-state index in [1.54, 1.807) is 25.3 Å². The molecule has 3 rings (SSSR count). The highest BCUT2D eigenvalue weighted by molar-refractivity contribution is 7.86. The lowest BCUT2D eigenvalue weighted by atomic mass is 10.2. The Balaban J connectivity index is 1.80. The molecule has 0 atom stereocenters. The zero-order valence-corrected chi connectivity index (χ0v) is 16.8. The standard InChI is InChI=1S/C19H22ClFN2O3S/c1-22(13-17-18(20)4-3-5-19(17)21)27(24,25)23(15-8-9-15)12-14-6-10-16(26-2)11-7-14/h3-7,10-11,15H,8-9,12-13H2,1-2H3. The molecule has 2 aromatic carbocycles. The average Bonchev–Trinajstić information content (AvgIpc) is 3.48. The van der Waals surface area contributed by atoms with Crippen LogP contribution in [0.15, 0.2) is 42.5 Å². The Morgan fingerprint density at radius 2 is 1.81 bits per heavy atom. The molecule has 146 valence electrons. The predicted octanol–water partition coefficient (Wildman–Crippen LogP) is 3.83. The monoisotopic (exact) mass is 412 g/mol. The summed E-state index contributed by atoms with van der Waals surface area (Å²) in [6, 6.07) is 11.6. The average molecular weight is 413 g/mol. The molecular formula is C19H22ClFN2O3S. The second kappa shape index (κ2) is 8.14. The van der Waals surface area contributed by atoms with E-state index in [4.69, 9.17) is 16.3 Å². The van der Waals surface area contributed by atoms with Crippen LogP contribution in [0.4, 0.5) is 4.39 Å². The molecule has 0 N–H and O–H groups in total. The van der Waals surface area contributed by atoms with Crippen LogP contribution in [0.1, 0.15) is 24.0 Å². The molecule has 0 radical (unpaired) electrons. The highest BCUT2D eigenvalue weighted by atomic mass is 35.5. The fourth-order valence-corrected chi connectivity index (χ4v) is 4.61. The van der Waals surface area contributed by atoms with E-state index >= 15 is 0 Å². The number of hydrogen-bond acceptors (Lipinski definition) is 3. The van der Waals surface area contributed by atoms with Gasteiger partial charge in [0.25, 0.3) is 10.2 Å². The maximum Gasteiger partial charge on any atom is 0.282 e. The Morgan fingerprint density at radius 1 is 1.15 bits per heavy atom.